The molecule has 0 aliphatic heterocycles. The third-order valence-electron chi connectivity index (χ3n) is 4.23. The molecule has 3 nitrogen and oxygen atoms in total. The Morgan fingerprint density at radius 3 is 2.43 bits per heavy atom. The van der Waals surface area contributed by atoms with Gasteiger partial charge in [-0.15, -0.1) is 10.2 Å². The van der Waals surface area contributed by atoms with E-state index in [2.05, 4.69) is 22.3 Å². The monoisotopic (exact) mass is 409 g/mol. The number of hydrogen-bond acceptors (Lipinski definition) is 3. The molecule has 4 aromatic rings. The highest BCUT2D eigenvalue weighted by atomic mass is 35.5. The first-order valence-electron chi connectivity index (χ1n) is 8.80. The van der Waals surface area contributed by atoms with E-state index in [0.717, 1.165) is 27.8 Å². The van der Waals surface area contributed by atoms with Gasteiger partial charge in [0, 0.05) is 17.2 Å². The van der Waals surface area contributed by atoms with Gasteiger partial charge in [-0.25, -0.2) is 4.39 Å². The van der Waals surface area contributed by atoms with E-state index in [0.29, 0.717) is 17.2 Å². The number of aromatic nitrogens is 3. The summed E-state index contributed by atoms with van der Waals surface area (Å²) in [4.78, 5) is 0. The molecule has 0 atom stereocenters. The molecule has 0 N–H and O–H groups in total. The minimum absolute atomic E-state index is 0.237. The summed E-state index contributed by atoms with van der Waals surface area (Å²) in [7, 11) is 0. The predicted octanol–water partition coefficient (Wildman–Crippen LogP) is 5.94. The van der Waals surface area contributed by atoms with Crippen molar-refractivity contribution < 1.29 is 4.39 Å². The van der Waals surface area contributed by atoms with E-state index in [9.17, 15) is 4.39 Å². The quantitative estimate of drug-likeness (QED) is 0.369. The fraction of sp³-hybridized carbons (Fsp3) is 0.0909. The van der Waals surface area contributed by atoms with Crippen molar-refractivity contribution >= 4 is 23.4 Å². The van der Waals surface area contributed by atoms with Crippen molar-refractivity contribution in [3.8, 4) is 5.69 Å². The predicted molar refractivity (Wildman–Crippen MR) is 112 cm³/mol. The maximum Gasteiger partial charge on any atom is 0.196 e. The van der Waals surface area contributed by atoms with E-state index in [4.69, 9.17) is 11.6 Å². The standard InChI is InChI=1S/C22H17ClFN3S/c23-18-9-5-11-20(14-18)27-21(13-16-6-2-1-3-7-16)25-26-22(27)28-15-17-8-4-10-19(24)12-17/h1-12,14H,13,15H2. The van der Waals surface area contributed by atoms with Crippen LogP contribution in [0.15, 0.2) is 84.0 Å². The SMILES string of the molecule is Fc1cccc(CSc2nnc(Cc3ccccc3)n2-c2cccc(Cl)c2)c1. The van der Waals surface area contributed by atoms with Crippen LogP contribution in [-0.4, -0.2) is 14.8 Å². The lowest BCUT2D eigenvalue weighted by Gasteiger charge is -2.11. The van der Waals surface area contributed by atoms with Crippen LogP contribution in [0.5, 0.6) is 0 Å². The second-order valence-electron chi connectivity index (χ2n) is 6.30. The molecule has 0 bridgehead atoms. The van der Waals surface area contributed by atoms with Crippen molar-refractivity contribution in [2.24, 2.45) is 0 Å². The molecule has 0 unspecified atom stereocenters. The Labute approximate surface area is 172 Å². The zero-order valence-corrected chi connectivity index (χ0v) is 16.5. The lowest BCUT2D eigenvalue weighted by molar-refractivity contribution is 0.626. The summed E-state index contributed by atoms with van der Waals surface area (Å²) in [6.45, 7) is 0. The first-order valence-corrected chi connectivity index (χ1v) is 10.2. The molecule has 1 heterocycles. The Kier molecular flexibility index (Phi) is 5.74. The Morgan fingerprint density at radius 2 is 1.64 bits per heavy atom. The van der Waals surface area contributed by atoms with Crippen LogP contribution in [0.3, 0.4) is 0 Å². The molecule has 4 rings (SSSR count). The molecule has 6 heteroatoms. The molecule has 0 radical (unpaired) electrons. The lowest BCUT2D eigenvalue weighted by Crippen LogP contribution is -2.04. The number of halogens is 2. The molecule has 0 spiro atoms. The molecule has 0 aliphatic carbocycles. The zero-order valence-electron chi connectivity index (χ0n) is 14.9. The fourth-order valence-corrected chi connectivity index (χ4v) is 4.03. The van der Waals surface area contributed by atoms with Crippen molar-refractivity contribution in [1.29, 1.82) is 0 Å². The topological polar surface area (TPSA) is 30.7 Å². The number of thioether (sulfide) groups is 1. The van der Waals surface area contributed by atoms with Crippen LogP contribution in [0.25, 0.3) is 5.69 Å². The van der Waals surface area contributed by atoms with Gasteiger partial charge in [0.05, 0.1) is 5.69 Å². The molecular formula is C22H17ClFN3S. The first-order chi connectivity index (χ1) is 13.7. The van der Waals surface area contributed by atoms with Crippen molar-refractivity contribution in [2.75, 3.05) is 0 Å². The Hall–Kier alpha value is -2.63. The highest BCUT2D eigenvalue weighted by molar-refractivity contribution is 7.98. The van der Waals surface area contributed by atoms with E-state index in [1.807, 2.05) is 53.1 Å². The van der Waals surface area contributed by atoms with E-state index >= 15 is 0 Å². The van der Waals surface area contributed by atoms with Crippen LogP contribution < -0.4 is 0 Å². The molecule has 0 fully saturated rings. The number of rotatable bonds is 6. The molecule has 0 amide bonds. The number of hydrogen-bond donors (Lipinski definition) is 0. The molecule has 0 saturated carbocycles. The van der Waals surface area contributed by atoms with Gasteiger partial charge < -0.3 is 0 Å². The van der Waals surface area contributed by atoms with Crippen LogP contribution in [0.4, 0.5) is 4.39 Å². The van der Waals surface area contributed by atoms with Crippen LogP contribution in [0, 0.1) is 5.82 Å². The minimum atomic E-state index is -0.237. The largest absolute Gasteiger partial charge is 0.274 e. The van der Waals surface area contributed by atoms with Gasteiger partial charge in [0.2, 0.25) is 0 Å². The summed E-state index contributed by atoms with van der Waals surface area (Å²) >= 11 is 7.73. The number of nitrogens with zero attached hydrogens (tertiary/aromatic N) is 3. The maximum atomic E-state index is 13.5. The molecule has 3 aromatic carbocycles. The molecule has 0 saturated heterocycles. The highest BCUT2D eigenvalue weighted by Gasteiger charge is 2.15. The highest BCUT2D eigenvalue weighted by Crippen LogP contribution is 2.27. The molecular weight excluding hydrogens is 393 g/mol. The summed E-state index contributed by atoms with van der Waals surface area (Å²) < 4.78 is 15.5. The van der Waals surface area contributed by atoms with E-state index in [1.165, 1.54) is 23.9 Å². The second-order valence-corrected chi connectivity index (χ2v) is 7.67. The van der Waals surface area contributed by atoms with Gasteiger partial charge in [0.15, 0.2) is 5.16 Å². The first kappa shape index (κ1) is 18.7. The average molecular weight is 410 g/mol. The van der Waals surface area contributed by atoms with Crippen molar-refractivity contribution in [2.45, 2.75) is 17.3 Å². The van der Waals surface area contributed by atoms with E-state index in [1.54, 1.807) is 6.07 Å². The van der Waals surface area contributed by atoms with Gasteiger partial charge >= 0.3 is 0 Å². The summed E-state index contributed by atoms with van der Waals surface area (Å²) in [5.74, 6) is 1.19. The molecule has 0 aliphatic rings. The lowest BCUT2D eigenvalue weighted by atomic mass is 10.1. The van der Waals surface area contributed by atoms with Crippen LogP contribution in [0.1, 0.15) is 17.0 Å². The van der Waals surface area contributed by atoms with Crippen molar-refractivity contribution in [1.82, 2.24) is 14.8 Å². The third-order valence-corrected chi connectivity index (χ3v) is 5.46. The average Bonchev–Trinajstić information content (AvgIpc) is 3.10. The van der Waals surface area contributed by atoms with Crippen molar-refractivity contribution in [3.05, 3.63) is 107 Å². The van der Waals surface area contributed by atoms with Crippen molar-refractivity contribution in [3.63, 3.8) is 0 Å². The normalized spacial score (nSPS) is 10.9. The molecule has 28 heavy (non-hydrogen) atoms. The van der Waals surface area contributed by atoms with Crippen LogP contribution in [-0.2, 0) is 12.2 Å². The van der Waals surface area contributed by atoms with E-state index < -0.39 is 0 Å². The van der Waals surface area contributed by atoms with Gasteiger partial charge in [0.25, 0.3) is 0 Å². The Bertz CT molecular complexity index is 1080. The van der Waals surface area contributed by atoms with E-state index in [-0.39, 0.29) is 5.82 Å². The Morgan fingerprint density at radius 1 is 0.857 bits per heavy atom. The summed E-state index contributed by atoms with van der Waals surface area (Å²) in [6.07, 6.45) is 0.654. The smallest absolute Gasteiger partial charge is 0.196 e. The van der Waals surface area contributed by atoms with Gasteiger partial charge in [-0.2, -0.15) is 0 Å². The summed E-state index contributed by atoms with van der Waals surface area (Å²) in [5.41, 5.74) is 2.96. The zero-order chi connectivity index (χ0) is 19.3. The Balaban J connectivity index is 1.67. The van der Waals surface area contributed by atoms with Gasteiger partial charge in [-0.05, 0) is 41.5 Å². The molecule has 1 aromatic heterocycles. The number of benzene rings is 3. The molecule has 140 valence electrons. The summed E-state index contributed by atoms with van der Waals surface area (Å²) in [6, 6.07) is 24.4. The van der Waals surface area contributed by atoms with Gasteiger partial charge in [0.1, 0.15) is 11.6 Å². The fourth-order valence-electron chi connectivity index (χ4n) is 2.94. The summed E-state index contributed by atoms with van der Waals surface area (Å²) in [5, 5.41) is 10.2. The second kappa shape index (κ2) is 8.59. The third kappa shape index (κ3) is 4.43. The van der Waals surface area contributed by atoms with Crippen LogP contribution >= 0.6 is 23.4 Å². The van der Waals surface area contributed by atoms with Gasteiger partial charge in [-0.3, -0.25) is 4.57 Å². The maximum absolute atomic E-state index is 13.5. The van der Waals surface area contributed by atoms with Gasteiger partial charge in [-0.1, -0.05) is 71.9 Å². The minimum Gasteiger partial charge on any atom is -0.274 e. The van der Waals surface area contributed by atoms with Crippen LogP contribution in [0.2, 0.25) is 5.02 Å².